The number of hydrogen-bond donors (Lipinski definition) is 2. The van der Waals surface area contributed by atoms with Crippen molar-refractivity contribution in [2.24, 2.45) is 0 Å². The van der Waals surface area contributed by atoms with Crippen LogP contribution in [0.5, 0.6) is 0 Å². The molecule has 0 saturated carbocycles. The van der Waals surface area contributed by atoms with E-state index in [0.29, 0.717) is 22.3 Å². The number of nitrogens with one attached hydrogen (secondary N) is 2. The molecular formula is C14H16Cl2N2O3S. The highest BCUT2D eigenvalue weighted by molar-refractivity contribution is 7.80. The van der Waals surface area contributed by atoms with Gasteiger partial charge in [0.15, 0.2) is 5.11 Å². The van der Waals surface area contributed by atoms with E-state index in [2.05, 4.69) is 10.6 Å². The van der Waals surface area contributed by atoms with Gasteiger partial charge in [-0.2, -0.15) is 0 Å². The highest BCUT2D eigenvalue weighted by Crippen LogP contribution is 2.25. The van der Waals surface area contributed by atoms with Crippen LogP contribution in [0.2, 0.25) is 10.0 Å². The van der Waals surface area contributed by atoms with E-state index in [1.807, 2.05) is 6.92 Å². The molecule has 0 fully saturated rings. The van der Waals surface area contributed by atoms with E-state index in [1.165, 1.54) is 0 Å². The third-order valence-corrected chi connectivity index (χ3v) is 3.21. The first-order chi connectivity index (χ1) is 10.4. The van der Waals surface area contributed by atoms with Crippen LogP contribution in [0.4, 0.5) is 5.69 Å². The smallest absolute Gasteiger partial charge is 0.306 e. The average molecular weight is 363 g/mol. The molecule has 0 heterocycles. The summed E-state index contributed by atoms with van der Waals surface area (Å²) in [6.07, 6.45) is 0.753. The fourth-order valence-electron chi connectivity index (χ4n) is 1.44. The van der Waals surface area contributed by atoms with E-state index >= 15 is 0 Å². The molecule has 1 rings (SSSR count). The highest BCUT2D eigenvalue weighted by atomic mass is 35.5. The Labute approximate surface area is 144 Å². The number of benzene rings is 1. The summed E-state index contributed by atoms with van der Waals surface area (Å²) in [7, 11) is 0. The zero-order chi connectivity index (χ0) is 16.5. The molecule has 0 radical (unpaired) electrons. The third-order valence-electron chi connectivity index (χ3n) is 2.46. The monoisotopic (exact) mass is 362 g/mol. The molecule has 1 aromatic carbocycles. The van der Waals surface area contributed by atoms with Crippen LogP contribution in [-0.4, -0.2) is 23.6 Å². The largest absolute Gasteiger partial charge is 0.466 e. The van der Waals surface area contributed by atoms with Crippen LogP contribution in [-0.2, 0) is 14.3 Å². The Bertz CT molecular complexity index is 567. The van der Waals surface area contributed by atoms with Crippen LogP contribution in [0.3, 0.4) is 0 Å². The number of esters is 1. The normalized spacial score (nSPS) is 9.95. The maximum atomic E-state index is 11.7. The molecule has 0 aliphatic rings. The SMILES string of the molecule is CCCOC(=O)CCC(=O)NC(=S)Nc1ccc(Cl)cc1Cl. The summed E-state index contributed by atoms with van der Waals surface area (Å²) in [5.41, 5.74) is 0.527. The predicted molar refractivity (Wildman–Crippen MR) is 91.3 cm³/mol. The topological polar surface area (TPSA) is 67.4 Å². The molecule has 0 spiro atoms. The second kappa shape index (κ2) is 9.61. The maximum Gasteiger partial charge on any atom is 0.306 e. The van der Waals surface area contributed by atoms with Gasteiger partial charge in [0, 0.05) is 11.4 Å². The lowest BCUT2D eigenvalue weighted by Crippen LogP contribution is -2.34. The molecule has 1 amide bonds. The molecule has 8 heteroatoms. The number of carbonyl (C=O) groups is 2. The number of halogens is 2. The Hall–Kier alpha value is -1.37. The second-order valence-corrected chi connectivity index (χ2v) is 5.60. The van der Waals surface area contributed by atoms with Gasteiger partial charge in [0.2, 0.25) is 5.91 Å². The van der Waals surface area contributed by atoms with Gasteiger partial charge in [-0.25, -0.2) is 0 Å². The first kappa shape index (κ1) is 18.7. The van der Waals surface area contributed by atoms with Gasteiger partial charge in [-0.05, 0) is 36.8 Å². The fourth-order valence-corrected chi connectivity index (χ4v) is 2.12. The first-order valence-corrected chi connectivity index (χ1v) is 7.80. The van der Waals surface area contributed by atoms with Gasteiger partial charge in [-0.1, -0.05) is 30.1 Å². The lowest BCUT2D eigenvalue weighted by molar-refractivity contribution is -0.144. The highest BCUT2D eigenvalue weighted by Gasteiger charge is 2.10. The van der Waals surface area contributed by atoms with Crippen LogP contribution in [0.25, 0.3) is 0 Å². The van der Waals surface area contributed by atoms with Crippen molar-refractivity contribution in [3.63, 3.8) is 0 Å². The zero-order valence-electron chi connectivity index (χ0n) is 11.9. The van der Waals surface area contributed by atoms with Gasteiger partial charge in [-0.3, -0.25) is 9.59 Å². The number of carbonyl (C=O) groups excluding carboxylic acids is 2. The molecule has 0 bridgehead atoms. The van der Waals surface area contributed by atoms with Gasteiger partial charge in [0.05, 0.1) is 23.7 Å². The van der Waals surface area contributed by atoms with Gasteiger partial charge in [0.1, 0.15) is 0 Å². The summed E-state index contributed by atoms with van der Waals surface area (Å²) in [5.74, 6) is -0.785. The Kier molecular flexibility index (Phi) is 8.16. The van der Waals surface area contributed by atoms with Crippen LogP contribution in [0.1, 0.15) is 26.2 Å². The quantitative estimate of drug-likeness (QED) is 0.598. The summed E-state index contributed by atoms with van der Waals surface area (Å²) >= 11 is 16.8. The Balaban J connectivity index is 2.38. The molecular weight excluding hydrogens is 347 g/mol. The van der Waals surface area contributed by atoms with E-state index in [4.69, 9.17) is 40.2 Å². The summed E-state index contributed by atoms with van der Waals surface area (Å²) in [6, 6.07) is 4.84. The number of thiocarbonyl (C=S) groups is 1. The molecule has 0 atom stereocenters. The molecule has 0 unspecified atom stereocenters. The van der Waals surface area contributed by atoms with Gasteiger partial charge < -0.3 is 15.4 Å². The Morgan fingerprint density at radius 3 is 2.64 bits per heavy atom. The van der Waals surface area contributed by atoms with Crippen molar-refractivity contribution < 1.29 is 14.3 Å². The van der Waals surface area contributed by atoms with E-state index in [0.717, 1.165) is 6.42 Å². The minimum absolute atomic E-state index is 0.00127. The molecule has 120 valence electrons. The van der Waals surface area contributed by atoms with Gasteiger partial charge >= 0.3 is 5.97 Å². The molecule has 0 aromatic heterocycles. The minimum Gasteiger partial charge on any atom is -0.466 e. The van der Waals surface area contributed by atoms with Crippen molar-refractivity contribution in [1.82, 2.24) is 5.32 Å². The van der Waals surface area contributed by atoms with E-state index in [9.17, 15) is 9.59 Å². The maximum absolute atomic E-state index is 11.7. The predicted octanol–water partition coefficient (Wildman–Crippen LogP) is 3.54. The average Bonchev–Trinajstić information content (AvgIpc) is 2.46. The number of amides is 1. The number of ether oxygens (including phenoxy) is 1. The molecule has 22 heavy (non-hydrogen) atoms. The van der Waals surface area contributed by atoms with Gasteiger partial charge in [-0.15, -0.1) is 0 Å². The summed E-state index contributed by atoms with van der Waals surface area (Å²) < 4.78 is 4.87. The van der Waals surface area contributed by atoms with E-state index in [-0.39, 0.29) is 23.9 Å². The van der Waals surface area contributed by atoms with E-state index < -0.39 is 5.97 Å². The summed E-state index contributed by atoms with van der Waals surface area (Å²) in [4.78, 5) is 22.9. The van der Waals surface area contributed by atoms with Crippen LogP contribution < -0.4 is 10.6 Å². The molecule has 0 aliphatic carbocycles. The standard InChI is InChI=1S/C14H16Cl2N2O3S/c1-2-7-21-13(20)6-5-12(19)18-14(22)17-11-4-3-9(15)8-10(11)16/h3-4,8H,2,5-7H2,1H3,(H2,17,18,19,22). The van der Waals surface area contributed by atoms with Gasteiger partial charge in [0.25, 0.3) is 0 Å². The van der Waals surface area contributed by atoms with Crippen molar-refractivity contribution in [2.75, 3.05) is 11.9 Å². The van der Waals surface area contributed by atoms with Crippen molar-refractivity contribution in [2.45, 2.75) is 26.2 Å². The summed E-state index contributed by atoms with van der Waals surface area (Å²) in [5, 5.41) is 6.22. The van der Waals surface area contributed by atoms with E-state index in [1.54, 1.807) is 18.2 Å². The molecule has 2 N–H and O–H groups in total. The van der Waals surface area contributed by atoms with Crippen molar-refractivity contribution in [3.8, 4) is 0 Å². The minimum atomic E-state index is -0.406. The molecule has 5 nitrogen and oxygen atoms in total. The lowest BCUT2D eigenvalue weighted by Gasteiger charge is -2.11. The van der Waals surface area contributed by atoms with Crippen molar-refractivity contribution in [3.05, 3.63) is 28.2 Å². The third kappa shape index (κ3) is 7.06. The number of hydrogen-bond acceptors (Lipinski definition) is 4. The zero-order valence-corrected chi connectivity index (χ0v) is 14.3. The first-order valence-electron chi connectivity index (χ1n) is 6.64. The molecule has 1 aromatic rings. The number of anilines is 1. The lowest BCUT2D eigenvalue weighted by atomic mass is 10.3. The molecule has 0 saturated heterocycles. The summed E-state index contributed by atoms with van der Waals surface area (Å²) in [6.45, 7) is 2.25. The Morgan fingerprint density at radius 1 is 1.27 bits per heavy atom. The molecule has 0 aliphatic heterocycles. The van der Waals surface area contributed by atoms with Crippen molar-refractivity contribution >= 4 is 58.1 Å². The number of rotatable bonds is 6. The Morgan fingerprint density at radius 2 is 2.00 bits per heavy atom. The fraction of sp³-hybridized carbons (Fsp3) is 0.357. The van der Waals surface area contributed by atoms with Crippen LogP contribution in [0, 0.1) is 0 Å². The van der Waals surface area contributed by atoms with Crippen molar-refractivity contribution in [1.29, 1.82) is 0 Å². The van der Waals surface area contributed by atoms with Crippen LogP contribution >= 0.6 is 35.4 Å². The second-order valence-electron chi connectivity index (χ2n) is 4.35. The van der Waals surface area contributed by atoms with Crippen LogP contribution in [0.15, 0.2) is 18.2 Å².